The van der Waals surface area contributed by atoms with E-state index in [0.29, 0.717) is 22.3 Å². The minimum Gasteiger partial charge on any atom is -0.497 e. The molecule has 1 N–H and O–H groups in total. The van der Waals surface area contributed by atoms with E-state index in [0.717, 1.165) is 22.0 Å². The molecule has 2 heterocycles. The maximum atomic E-state index is 12.5. The minimum absolute atomic E-state index is 0.173. The largest absolute Gasteiger partial charge is 0.497 e. The van der Waals surface area contributed by atoms with Gasteiger partial charge in [-0.1, -0.05) is 11.6 Å². The number of furan rings is 1. The average molecular weight is 370 g/mol. The summed E-state index contributed by atoms with van der Waals surface area (Å²) in [4.78, 5) is 16.9. The number of nitrogens with zero attached hydrogens (tertiary/aromatic N) is 2. The van der Waals surface area contributed by atoms with E-state index in [1.807, 2.05) is 29.8 Å². The summed E-state index contributed by atoms with van der Waals surface area (Å²) in [6.45, 7) is 0. The molecule has 2 aromatic carbocycles. The van der Waals surface area contributed by atoms with Crippen LogP contribution in [-0.4, -0.2) is 22.6 Å². The summed E-state index contributed by atoms with van der Waals surface area (Å²) < 4.78 is 12.5. The molecule has 0 atom stereocenters. The van der Waals surface area contributed by atoms with Crippen LogP contribution in [0.5, 0.6) is 5.75 Å². The molecule has 0 unspecified atom stereocenters. The Balaban J connectivity index is 1.57. The van der Waals surface area contributed by atoms with E-state index in [4.69, 9.17) is 20.8 Å². The van der Waals surface area contributed by atoms with Gasteiger partial charge in [0.25, 0.3) is 0 Å². The van der Waals surface area contributed by atoms with Crippen LogP contribution < -0.4 is 10.1 Å². The molecule has 4 rings (SSSR count). The van der Waals surface area contributed by atoms with Gasteiger partial charge in [-0.2, -0.15) is 0 Å². The maximum Gasteiger partial charge on any atom is 0.231 e. The smallest absolute Gasteiger partial charge is 0.231 e. The van der Waals surface area contributed by atoms with Crippen molar-refractivity contribution in [2.24, 2.45) is 7.05 Å². The second kappa shape index (κ2) is 6.38. The number of halogens is 1. The van der Waals surface area contributed by atoms with Gasteiger partial charge in [-0.3, -0.25) is 10.1 Å². The first-order valence-corrected chi connectivity index (χ1v) is 8.39. The van der Waals surface area contributed by atoms with Crippen molar-refractivity contribution in [2.45, 2.75) is 6.42 Å². The van der Waals surface area contributed by atoms with Crippen LogP contribution in [0.1, 0.15) is 5.56 Å². The summed E-state index contributed by atoms with van der Waals surface area (Å²) in [7, 11) is 3.45. The Morgan fingerprint density at radius 2 is 2.15 bits per heavy atom. The number of carbonyl (C=O) groups is 1. The van der Waals surface area contributed by atoms with Crippen LogP contribution >= 0.6 is 11.6 Å². The Morgan fingerprint density at radius 3 is 2.96 bits per heavy atom. The van der Waals surface area contributed by atoms with E-state index in [9.17, 15) is 4.79 Å². The predicted octanol–water partition coefficient (Wildman–Crippen LogP) is 4.16. The number of nitrogens with one attached hydrogen (secondary N) is 1. The monoisotopic (exact) mass is 369 g/mol. The van der Waals surface area contributed by atoms with E-state index < -0.39 is 0 Å². The number of aryl methyl sites for hydroxylation is 1. The second-order valence-corrected chi connectivity index (χ2v) is 6.41. The van der Waals surface area contributed by atoms with E-state index >= 15 is 0 Å². The molecule has 0 bridgehead atoms. The number of methoxy groups -OCH3 is 1. The van der Waals surface area contributed by atoms with Gasteiger partial charge in [-0.25, -0.2) is 4.98 Å². The zero-order valence-electron chi connectivity index (χ0n) is 14.2. The summed E-state index contributed by atoms with van der Waals surface area (Å²) >= 11 is 6.00. The third-order valence-corrected chi connectivity index (χ3v) is 4.54. The molecule has 0 aliphatic heterocycles. The lowest BCUT2D eigenvalue weighted by Crippen LogP contribution is -2.16. The van der Waals surface area contributed by atoms with Crippen molar-refractivity contribution < 1.29 is 13.9 Å². The normalized spacial score (nSPS) is 11.2. The lowest BCUT2D eigenvalue weighted by Gasteiger charge is -2.04. The molecule has 6 nitrogen and oxygen atoms in total. The van der Waals surface area contributed by atoms with E-state index in [2.05, 4.69) is 10.3 Å². The molecule has 0 radical (unpaired) electrons. The number of anilines is 1. The summed E-state index contributed by atoms with van der Waals surface area (Å²) in [6, 6.07) is 11.0. The zero-order chi connectivity index (χ0) is 18.3. The molecule has 1 amide bonds. The summed E-state index contributed by atoms with van der Waals surface area (Å²) in [6.07, 6.45) is 1.78. The van der Waals surface area contributed by atoms with Crippen LogP contribution in [0.15, 0.2) is 47.1 Å². The van der Waals surface area contributed by atoms with Crippen LogP contribution in [0.4, 0.5) is 5.95 Å². The molecular weight excluding hydrogens is 354 g/mol. The standard InChI is InChI=1S/C19H16ClN3O3/c1-23-16-6-3-12(20)8-15(16)21-19(23)22-18(24)7-11-10-26-17-9-13(25-2)4-5-14(11)17/h3-6,8-10H,7H2,1-2H3,(H,21,22,24). The number of ether oxygens (including phenoxy) is 1. The molecule has 0 spiro atoms. The van der Waals surface area contributed by atoms with Gasteiger partial charge in [0.2, 0.25) is 11.9 Å². The minimum atomic E-state index is -0.173. The highest BCUT2D eigenvalue weighted by molar-refractivity contribution is 6.31. The number of hydrogen-bond donors (Lipinski definition) is 1. The van der Waals surface area contributed by atoms with E-state index in [1.165, 1.54) is 0 Å². The van der Waals surface area contributed by atoms with E-state index in [-0.39, 0.29) is 12.3 Å². The first-order valence-electron chi connectivity index (χ1n) is 8.01. The SMILES string of the molecule is COc1ccc2c(CC(=O)Nc3nc4cc(Cl)ccc4n3C)coc2c1. The number of carbonyl (C=O) groups excluding carboxylic acids is 1. The van der Waals surface area contributed by atoms with Crippen LogP contribution in [0.3, 0.4) is 0 Å². The highest BCUT2D eigenvalue weighted by atomic mass is 35.5. The molecule has 132 valence electrons. The van der Waals surface area contributed by atoms with Crippen LogP contribution in [0.25, 0.3) is 22.0 Å². The van der Waals surface area contributed by atoms with Crippen LogP contribution in [0, 0.1) is 0 Å². The molecular formula is C19H16ClN3O3. The number of imidazole rings is 1. The third-order valence-electron chi connectivity index (χ3n) is 4.31. The van der Waals surface area contributed by atoms with Crippen molar-refractivity contribution in [1.82, 2.24) is 9.55 Å². The van der Waals surface area contributed by atoms with Gasteiger partial charge >= 0.3 is 0 Å². The zero-order valence-corrected chi connectivity index (χ0v) is 15.0. The van der Waals surface area contributed by atoms with Gasteiger partial charge in [-0.05, 0) is 30.3 Å². The van der Waals surface area contributed by atoms with Crippen molar-refractivity contribution in [2.75, 3.05) is 12.4 Å². The molecule has 4 aromatic rings. The fraction of sp³-hybridized carbons (Fsp3) is 0.158. The van der Waals surface area contributed by atoms with Crippen molar-refractivity contribution in [3.8, 4) is 5.75 Å². The topological polar surface area (TPSA) is 69.3 Å². The molecule has 7 heteroatoms. The molecule has 26 heavy (non-hydrogen) atoms. The highest BCUT2D eigenvalue weighted by Crippen LogP contribution is 2.26. The van der Waals surface area contributed by atoms with Gasteiger partial charge < -0.3 is 13.7 Å². The molecule has 2 aromatic heterocycles. The fourth-order valence-electron chi connectivity index (χ4n) is 2.95. The number of amides is 1. The van der Waals surface area contributed by atoms with Gasteiger partial charge in [0.15, 0.2) is 0 Å². The second-order valence-electron chi connectivity index (χ2n) is 5.98. The lowest BCUT2D eigenvalue weighted by molar-refractivity contribution is -0.115. The third kappa shape index (κ3) is 2.88. The van der Waals surface area contributed by atoms with Crippen LogP contribution in [-0.2, 0) is 18.3 Å². The summed E-state index contributed by atoms with van der Waals surface area (Å²) in [5.74, 6) is 1.01. The van der Waals surface area contributed by atoms with Gasteiger partial charge in [0.1, 0.15) is 11.3 Å². The first kappa shape index (κ1) is 16.5. The van der Waals surface area contributed by atoms with Gasteiger partial charge in [0.05, 0.1) is 30.8 Å². The summed E-state index contributed by atoms with van der Waals surface area (Å²) in [5, 5.41) is 4.34. The summed E-state index contributed by atoms with van der Waals surface area (Å²) in [5.41, 5.74) is 3.12. The van der Waals surface area contributed by atoms with Crippen molar-refractivity contribution in [3.63, 3.8) is 0 Å². The van der Waals surface area contributed by atoms with Gasteiger partial charge in [-0.15, -0.1) is 0 Å². The van der Waals surface area contributed by atoms with Gasteiger partial charge in [0, 0.05) is 29.1 Å². The van der Waals surface area contributed by atoms with Crippen molar-refractivity contribution in [3.05, 3.63) is 53.2 Å². The fourth-order valence-corrected chi connectivity index (χ4v) is 3.12. The Bertz CT molecular complexity index is 1130. The molecule has 0 fully saturated rings. The van der Waals surface area contributed by atoms with E-state index in [1.54, 1.807) is 31.6 Å². The number of rotatable bonds is 4. The Kier molecular flexibility index (Phi) is 4.05. The Morgan fingerprint density at radius 1 is 1.31 bits per heavy atom. The number of benzene rings is 2. The molecule has 0 saturated heterocycles. The van der Waals surface area contributed by atoms with Crippen molar-refractivity contribution >= 4 is 45.5 Å². The van der Waals surface area contributed by atoms with Crippen molar-refractivity contribution in [1.29, 1.82) is 0 Å². The van der Waals surface area contributed by atoms with Crippen LogP contribution in [0.2, 0.25) is 5.02 Å². The lowest BCUT2D eigenvalue weighted by atomic mass is 10.1. The molecule has 0 aliphatic rings. The first-order chi connectivity index (χ1) is 12.5. The quantitative estimate of drug-likeness (QED) is 0.586. The highest BCUT2D eigenvalue weighted by Gasteiger charge is 2.14. The molecule has 0 aliphatic carbocycles. The predicted molar refractivity (Wildman–Crippen MR) is 101 cm³/mol. The Hall–Kier alpha value is -2.99. The number of aromatic nitrogens is 2. The number of fused-ring (bicyclic) bond motifs is 2. The maximum absolute atomic E-state index is 12.5. The Labute approximate surface area is 154 Å². The average Bonchev–Trinajstić information content (AvgIpc) is 3.15. The number of hydrogen-bond acceptors (Lipinski definition) is 4. The molecule has 0 saturated carbocycles.